The lowest BCUT2D eigenvalue weighted by atomic mass is 9.78. The fourth-order valence-corrected chi connectivity index (χ4v) is 3.16. The molecule has 0 aromatic heterocycles. The molecule has 0 aromatic rings. The molecular weight excluding hydrogens is 170 g/mol. The Hall–Kier alpha value is -0.300. The fourth-order valence-electron chi connectivity index (χ4n) is 3.16. The summed E-state index contributed by atoms with van der Waals surface area (Å²) in [5, 5.41) is 3.51. The Morgan fingerprint density at radius 2 is 1.86 bits per heavy atom. The summed E-state index contributed by atoms with van der Waals surface area (Å²) in [6, 6.07) is 0.810. The molecule has 2 atom stereocenters. The topological polar surface area (TPSA) is 12.0 Å². The first kappa shape index (κ1) is 10.2. The summed E-state index contributed by atoms with van der Waals surface area (Å²) in [5.41, 5.74) is 0. The van der Waals surface area contributed by atoms with E-state index in [1.807, 2.05) is 0 Å². The van der Waals surface area contributed by atoms with Gasteiger partial charge in [-0.25, -0.2) is 0 Å². The van der Waals surface area contributed by atoms with E-state index in [0.717, 1.165) is 17.9 Å². The molecule has 2 aliphatic carbocycles. The minimum atomic E-state index is 0.810. The smallest absolute Gasteiger partial charge is 0.00924 e. The normalized spacial score (nSPS) is 33.8. The van der Waals surface area contributed by atoms with E-state index >= 15 is 0 Å². The summed E-state index contributed by atoms with van der Waals surface area (Å²) in [7, 11) is 2.13. The number of hydrogen-bond acceptors (Lipinski definition) is 1. The highest BCUT2D eigenvalue weighted by Gasteiger charge is 2.26. The monoisotopic (exact) mass is 193 g/mol. The number of rotatable bonds is 3. The Labute approximate surface area is 88.0 Å². The highest BCUT2D eigenvalue weighted by molar-refractivity contribution is 4.95. The molecule has 1 N–H and O–H groups in total. The Balaban J connectivity index is 1.81. The van der Waals surface area contributed by atoms with Gasteiger partial charge in [0.25, 0.3) is 0 Å². The largest absolute Gasteiger partial charge is 0.317 e. The molecule has 0 bridgehead atoms. The molecule has 80 valence electrons. The van der Waals surface area contributed by atoms with Gasteiger partial charge in [0, 0.05) is 6.04 Å². The van der Waals surface area contributed by atoms with Crippen molar-refractivity contribution in [3.63, 3.8) is 0 Å². The Bertz CT molecular complexity index is 189. The van der Waals surface area contributed by atoms with Crippen molar-refractivity contribution in [3.05, 3.63) is 12.2 Å². The lowest BCUT2D eigenvalue weighted by Crippen LogP contribution is -2.36. The summed E-state index contributed by atoms with van der Waals surface area (Å²) in [5.74, 6) is 1.92. The minimum absolute atomic E-state index is 0.810. The second-order valence-corrected chi connectivity index (χ2v) is 4.98. The molecule has 1 saturated carbocycles. The zero-order valence-electron chi connectivity index (χ0n) is 9.34. The second kappa shape index (κ2) is 4.97. The van der Waals surface area contributed by atoms with Crippen LogP contribution in [-0.2, 0) is 0 Å². The maximum absolute atomic E-state index is 3.51. The average Bonchev–Trinajstić information content (AvgIpc) is 2.71. The molecule has 1 heteroatoms. The van der Waals surface area contributed by atoms with Crippen LogP contribution in [-0.4, -0.2) is 13.1 Å². The van der Waals surface area contributed by atoms with Gasteiger partial charge in [0.05, 0.1) is 0 Å². The molecule has 0 amide bonds. The second-order valence-electron chi connectivity index (χ2n) is 4.98. The van der Waals surface area contributed by atoms with E-state index in [4.69, 9.17) is 0 Å². The van der Waals surface area contributed by atoms with Crippen LogP contribution in [0.2, 0.25) is 0 Å². The van der Waals surface area contributed by atoms with Gasteiger partial charge >= 0.3 is 0 Å². The molecule has 0 heterocycles. The van der Waals surface area contributed by atoms with Crippen LogP contribution in [0.5, 0.6) is 0 Å². The van der Waals surface area contributed by atoms with Crippen LogP contribution in [0, 0.1) is 11.8 Å². The summed E-state index contributed by atoms with van der Waals surface area (Å²) < 4.78 is 0. The van der Waals surface area contributed by atoms with Gasteiger partial charge in [0.15, 0.2) is 0 Å². The third-order valence-corrected chi connectivity index (χ3v) is 4.02. The molecule has 0 saturated heterocycles. The van der Waals surface area contributed by atoms with Crippen LogP contribution in [0.15, 0.2) is 12.2 Å². The number of nitrogens with one attached hydrogen (secondary N) is 1. The Morgan fingerprint density at radius 1 is 1.14 bits per heavy atom. The first-order chi connectivity index (χ1) is 6.90. The van der Waals surface area contributed by atoms with Gasteiger partial charge < -0.3 is 5.32 Å². The molecule has 2 aliphatic rings. The van der Waals surface area contributed by atoms with Gasteiger partial charge in [-0.05, 0) is 51.0 Å². The molecule has 1 fully saturated rings. The highest BCUT2D eigenvalue weighted by Crippen LogP contribution is 2.33. The summed E-state index contributed by atoms with van der Waals surface area (Å²) in [6.45, 7) is 0. The third-order valence-electron chi connectivity index (χ3n) is 4.02. The standard InChI is InChI=1S/C13H23N/c1-14-13-9-5-4-8-12(13)10-11-6-2-3-7-11/h2-3,11-14H,4-10H2,1H3. The van der Waals surface area contributed by atoms with E-state index in [1.54, 1.807) is 0 Å². The van der Waals surface area contributed by atoms with Crippen LogP contribution in [0.4, 0.5) is 0 Å². The molecule has 0 radical (unpaired) electrons. The van der Waals surface area contributed by atoms with E-state index in [-0.39, 0.29) is 0 Å². The van der Waals surface area contributed by atoms with Crippen molar-refractivity contribution in [3.8, 4) is 0 Å². The molecule has 1 nitrogen and oxygen atoms in total. The maximum atomic E-state index is 3.51. The molecule has 0 spiro atoms. The lowest BCUT2D eigenvalue weighted by Gasteiger charge is -2.33. The van der Waals surface area contributed by atoms with Crippen molar-refractivity contribution in [1.82, 2.24) is 5.32 Å². The highest BCUT2D eigenvalue weighted by atomic mass is 14.9. The summed E-state index contributed by atoms with van der Waals surface area (Å²) in [6.07, 6.45) is 14.6. The van der Waals surface area contributed by atoms with Gasteiger partial charge in [0.1, 0.15) is 0 Å². The molecule has 14 heavy (non-hydrogen) atoms. The quantitative estimate of drug-likeness (QED) is 0.679. The van der Waals surface area contributed by atoms with Gasteiger partial charge in [0.2, 0.25) is 0 Å². The van der Waals surface area contributed by atoms with E-state index < -0.39 is 0 Å². The predicted molar refractivity (Wildman–Crippen MR) is 61.3 cm³/mol. The summed E-state index contributed by atoms with van der Waals surface area (Å²) in [4.78, 5) is 0. The van der Waals surface area contributed by atoms with Gasteiger partial charge in [-0.3, -0.25) is 0 Å². The van der Waals surface area contributed by atoms with Gasteiger partial charge in [-0.2, -0.15) is 0 Å². The van der Waals surface area contributed by atoms with Crippen molar-refractivity contribution in [1.29, 1.82) is 0 Å². The van der Waals surface area contributed by atoms with Crippen LogP contribution in [0.1, 0.15) is 44.9 Å². The molecule has 2 unspecified atom stereocenters. The molecular formula is C13H23N. The van der Waals surface area contributed by atoms with E-state index in [2.05, 4.69) is 24.5 Å². The minimum Gasteiger partial charge on any atom is -0.317 e. The zero-order chi connectivity index (χ0) is 9.80. The van der Waals surface area contributed by atoms with E-state index in [0.29, 0.717) is 0 Å². The van der Waals surface area contributed by atoms with Crippen molar-refractivity contribution < 1.29 is 0 Å². The average molecular weight is 193 g/mol. The van der Waals surface area contributed by atoms with Crippen LogP contribution in [0.3, 0.4) is 0 Å². The first-order valence-corrected chi connectivity index (χ1v) is 6.22. The molecule has 0 aliphatic heterocycles. The molecule has 0 aromatic carbocycles. The third kappa shape index (κ3) is 2.38. The Morgan fingerprint density at radius 3 is 2.57 bits per heavy atom. The first-order valence-electron chi connectivity index (χ1n) is 6.22. The van der Waals surface area contributed by atoms with E-state index in [1.165, 1.54) is 44.9 Å². The van der Waals surface area contributed by atoms with Crippen LogP contribution >= 0.6 is 0 Å². The van der Waals surface area contributed by atoms with Gasteiger partial charge in [-0.1, -0.05) is 25.0 Å². The van der Waals surface area contributed by atoms with Crippen molar-refractivity contribution >= 4 is 0 Å². The lowest BCUT2D eigenvalue weighted by molar-refractivity contribution is 0.230. The van der Waals surface area contributed by atoms with Crippen molar-refractivity contribution in [2.75, 3.05) is 7.05 Å². The van der Waals surface area contributed by atoms with Crippen LogP contribution in [0.25, 0.3) is 0 Å². The molecule has 2 rings (SSSR count). The number of hydrogen-bond donors (Lipinski definition) is 1. The zero-order valence-corrected chi connectivity index (χ0v) is 9.34. The SMILES string of the molecule is CNC1CCCCC1CC1CC=CC1. The summed E-state index contributed by atoms with van der Waals surface area (Å²) >= 11 is 0. The number of allylic oxidation sites excluding steroid dienone is 2. The maximum Gasteiger partial charge on any atom is 0.00924 e. The van der Waals surface area contributed by atoms with Crippen molar-refractivity contribution in [2.45, 2.75) is 51.0 Å². The predicted octanol–water partition coefficient (Wildman–Crippen LogP) is 3.12. The van der Waals surface area contributed by atoms with Crippen LogP contribution < -0.4 is 5.32 Å². The fraction of sp³-hybridized carbons (Fsp3) is 0.846. The van der Waals surface area contributed by atoms with E-state index in [9.17, 15) is 0 Å². The van der Waals surface area contributed by atoms with Crippen molar-refractivity contribution in [2.24, 2.45) is 11.8 Å². The Kier molecular flexibility index (Phi) is 3.63. The van der Waals surface area contributed by atoms with Gasteiger partial charge in [-0.15, -0.1) is 0 Å².